The summed E-state index contributed by atoms with van der Waals surface area (Å²) in [5, 5.41) is 0. The summed E-state index contributed by atoms with van der Waals surface area (Å²) in [5.41, 5.74) is 2.27. The molecule has 202 valence electrons. The molecule has 0 aromatic heterocycles. The number of fused-ring (bicyclic) bond motifs is 1. The van der Waals surface area contributed by atoms with Crippen molar-refractivity contribution in [1.82, 2.24) is 0 Å². The predicted octanol–water partition coefficient (Wildman–Crippen LogP) is 10.5. The molecular formula is C28H25F6OPS2. The Kier molecular flexibility index (Phi) is 7.45. The molecule has 0 radical (unpaired) electrons. The van der Waals surface area contributed by atoms with Gasteiger partial charge < -0.3 is 0 Å². The standard InChI is InChI=1S/C28H25OS2.F6P/c1-19(2)24-14-16-27-25(28(24)29)18-20-17-23(13-15-26(20)30-27)31(21-9-5-3-6-10-21)22-11-7-4-8-12-22;1-7(2,3,4,5)6/h3-17,19,24H,18H2,1-2H3;/q+1;-1. The molecule has 38 heavy (non-hydrogen) atoms. The molecule has 1 aliphatic carbocycles. The van der Waals surface area contributed by atoms with E-state index in [1.807, 2.05) is 0 Å². The summed E-state index contributed by atoms with van der Waals surface area (Å²) in [6, 6.07) is 28.3. The van der Waals surface area contributed by atoms with Crippen LogP contribution in [0.25, 0.3) is 0 Å². The second kappa shape index (κ2) is 9.92. The van der Waals surface area contributed by atoms with E-state index >= 15 is 0 Å². The molecule has 0 amide bonds. The first kappa shape index (κ1) is 28.5. The van der Waals surface area contributed by atoms with Crippen molar-refractivity contribution in [3.63, 3.8) is 0 Å². The molecule has 1 unspecified atom stereocenters. The minimum atomic E-state index is -10.7. The Morgan fingerprint density at radius 2 is 1.34 bits per heavy atom. The number of halogens is 6. The second-order valence-corrected chi connectivity index (χ2v) is 14.3. The topological polar surface area (TPSA) is 17.1 Å². The number of thioether (sulfide) groups is 1. The molecule has 0 saturated heterocycles. The van der Waals surface area contributed by atoms with Gasteiger partial charge in [-0.2, -0.15) is 0 Å². The molecule has 3 aromatic carbocycles. The van der Waals surface area contributed by atoms with Crippen LogP contribution in [-0.4, -0.2) is 5.78 Å². The number of hydrogen-bond donors (Lipinski definition) is 0. The molecule has 3 aromatic rings. The monoisotopic (exact) mass is 586 g/mol. The molecule has 0 saturated carbocycles. The number of benzene rings is 3. The fourth-order valence-corrected chi connectivity index (χ4v) is 7.46. The zero-order valence-corrected chi connectivity index (χ0v) is 23.0. The molecule has 1 atom stereocenters. The van der Waals surface area contributed by atoms with Crippen molar-refractivity contribution in [2.75, 3.05) is 0 Å². The number of allylic oxidation sites excluding steroid dienone is 3. The van der Waals surface area contributed by atoms with Crippen molar-refractivity contribution in [1.29, 1.82) is 0 Å². The molecule has 0 spiro atoms. The Morgan fingerprint density at radius 3 is 1.84 bits per heavy atom. The Hall–Kier alpha value is -2.48. The normalized spacial score (nSPS) is 18.8. The van der Waals surface area contributed by atoms with Gasteiger partial charge in [-0.3, -0.25) is 4.79 Å². The third-order valence-corrected chi connectivity index (χ3v) is 9.32. The molecule has 0 fully saturated rings. The minimum absolute atomic E-state index is 0.00680. The van der Waals surface area contributed by atoms with Crippen LogP contribution >= 0.6 is 19.6 Å². The maximum absolute atomic E-state index is 13.2. The van der Waals surface area contributed by atoms with E-state index in [1.165, 1.54) is 25.1 Å². The van der Waals surface area contributed by atoms with Gasteiger partial charge in [-0.15, -0.1) is 0 Å². The van der Waals surface area contributed by atoms with Crippen LogP contribution in [0.5, 0.6) is 0 Å². The first-order chi connectivity index (χ1) is 17.6. The number of carbonyl (C=O) groups is 1. The van der Waals surface area contributed by atoms with Crippen LogP contribution < -0.4 is 0 Å². The van der Waals surface area contributed by atoms with E-state index < -0.39 is 7.81 Å². The van der Waals surface area contributed by atoms with Crippen LogP contribution in [0.15, 0.2) is 121 Å². The first-order valence-electron chi connectivity index (χ1n) is 11.7. The SMILES string of the molecule is CC(C)C1C=CC2=C(Cc3cc([S+](c4ccccc4)c4ccccc4)ccc3S2)C1=O.F[P-](F)(F)(F)(F)F. The fraction of sp³-hybridized carbons (Fsp3) is 0.179. The van der Waals surface area contributed by atoms with Gasteiger partial charge in [0.1, 0.15) is 0 Å². The Bertz CT molecular complexity index is 1350. The Balaban J connectivity index is 0.000000426. The Labute approximate surface area is 224 Å². The molecule has 0 bridgehead atoms. The summed E-state index contributed by atoms with van der Waals surface area (Å²) in [4.78, 5) is 19.5. The molecule has 1 aliphatic heterocycles. The average molecular weight is 587 g/mol. The van der Waals surface area contributed by atoms with Crippen molar-refractivity contribution < 1.29 is 30.0 Å². The predicted molar refractivity (Wildman–Crippen MR) is 144 cm³/mol. The molecular weight excluding hydrogens is 561 g/mol. The van der Waals surface area contributed by atoms with Crippen LogP contribution in [0.1, 0.15) is 19.4 Å². The van der Waals surface area contributed by atoms with E-state index in [1.54, 1.807) is 11.8 Å². The zero-order chi connectivity index (χ0) is 27.8. The number of rotatable bonds is 4. The molecule has 5 rings (SSSR count). The summed E-state index contributed by atoms with van der Waals surface area (Å²) in [6.07, 6.45) is 5.00. The summed E-state index contributed by atoms with van der Waals surface area (Å²) in [5.74, 6) is 0.645. The van der Waals surface area contributed by atoms with Gasteiger partial charge in [0.15, 0.2) is 20.5 Å². The van der Waals surface area contributed by atoms with Gasteiger partial charge in [0.2, 0.25) is 0 Å². The van der Waals surface area contributed by atoms with Crippen LogP contribution in [0.4, 0.5) is 25.2 Å². The van der Waals surface area contributed by atoms with E-state index in [0.29, 0.717) is 11.7 Å². The van der Waals surface area contributed by atoms with Gasteiger partial charge >= 0.3 is 33.0 Å². The number of Topliss-reactive ketones (excluding diaryl/α,β-unsaturated/α-hetero) is 1. The third-order valence-electron chi connectivity index (χ3n) is 5.88. The third kappa shape index (κ3) is 7.78. The second-order valence-electron chi connectivity index (χ2n) is 9.27. The van der Waals surface area contributed by atoms with Gasteiger partial charge in [0.25, 0.3) is 0 Å². The first-order valence-corrected chi connectivity index (χ1v) is 15.8. The van der Waals surface area contributed by atoms with Gasteiger partial charge in [-0.05, 0) is 53.9 Å². The molecule has 2 aliphatic rings. The summed E-state index contributed by atoms with van der Waals surface area (Å²) < 4.78 is 59.2. The van der Waals surface area contributed by atoms with E-state index in [0.717, 1.165) is 16.9 Å². The van der Waals surface area contributed by atoms with E-state index in [-0.39, 0.29) is 16.8 Å². The van der Waals surface area contributed by atoms with Crippen molar-refractivity contribution in [2.24, 2.45) is 11.8 Å². The van der Waals surface area contributed by atoms with E-state index in [2.05, 4.69) is 105 Å². The van der Waals surface area contributed by atoms with Crippen molar-refractivity contribution >= 4 is 36.2 Å². The fourth-order valence-electron chi connectivity index (χ4n) is 4.25. The van der Waals surface area contributed by atoms with Crippen molar-refractivity contribution in [3.8, 4) is 0 Å². The van der Waals surface area contributed by atoms with E-state index in [4.69, 9.17) is 0 Å². The average Bonchev–Trinajstić information content (AvgIpc) is 2.83. The van der Waals surface area contributed by atoms with Gasteiger partial charge in [-0.1, -0.05) is 74.2 Å². The molecule has 10 heteroatoms. The summed E-state index contributed by atoms with van der Waals surface area (Å²) >= 11 is 1.75. The van der Waals surface area contributed by atoms with E-state index in [9.17, 15) is 30.0 Å². The number of ketones is 1. The maximum atomic E-state index is 13.2. The molecule has 1 nitrogen and oxygen atoms in total. The van der Waals surface area contributed by atoms with Gasteiger partial charge in [0, 0.05) is 27.7 Å². The van der Waals surface area contributed by atoms with Crippen LogP contribution in [-0.2, 0) is 22.1 Å². The van der Waals surface area contributed by atoms with Crippen molar-refractivity contribution in [3.05, 3.63) is 107 Å². The van der Waals surface area contributed by atoms with Crippen molar-refractivity contribution in [2.45, 2.75) is 39.9 Å². The van der Waals surface area contributed by atoms with Crippen LogP contribution in [0.2, 0.25) is 0 Å². The number of hydrogen-bond acceptors (Lipinski definition) is 2. The Morgan fingerprint density at radius 1 is 0.816 bits per heavy atom. The molecule has 0 N–H and O–H groups in total. The zero-order valence-electron chi connectivity index (χ0n) is 20.5. The summed E-state index contributed by atoms with van der Waals surface area (Å²) in [6.45, 7) is 4.26. The molecule has 1 heterocycles. The van der Waals surface area contributed by atoms with Crippen LogP contribution in [0, 0.1) is 11.8 Å². The van der Waals surface area contributed by atoms with Crippen LogP contribution in [0.3, 0.4) is 0 Å². The van der Waals surface area contributed by atoms with Gasteiger partial charge in [0.05, 0.1) is 10.9 Å². The summed E-state index contributed by atoms with van der Waals surface area (Å²) in [7, 11) is -10.8. The number of carbonyl (C=O) groups excluding carboxylic acids is 1. The van der Waals surface area contributed by atoms with Gasteiger partial charge in [-0.25, -0.2) is 0 Å². The quantitative estimate of drug-likeness (QED) is 0.172.